The van der Waals surface area contributed by atoms with Crippen LogP contribution in [0.5, 0.6) is 0 Å². The highest BCUT2D eigenvalue weighted by molar-refractivity contribution is 5.65. The topological polar surface area (TPSA) is 44.1 Å². The van der Waals surface area contributed by atoms with Crippen molar-refractivity contribution in [2.45, 2.75) is 13.0 Å². The molecule has 0 radical (unpaired) electrons. The number of hydrogen-bond donors (Lipinski definition) is 0. The lowest BCUT2D eigenvalue weighted by molar-refractivity contribution is -0.141. The van der Waals surface area contributed by atoms with Gasteiger partial charge >= 0.3 is 5.97 Å². The molecule has 4 heteroatoms. The van der Waals surface area contributed by atoms with Gasteiger partial charge in [-0.1, -0.05) is 30.3 Å². The van der Waals surface area contributed by atoms with E-state index in [0.717, 1.165) is 5.56 Å². The molecule has 2 rings (SSSR count). The zero-order valence-corrected chi connectivity index (χ0v) is 9.61. The van der Waals surface area contributed by atoms with Gasteiger partial charge < -0.3 is 4.74 Å². The molecule has 1 aromatic heterocycles. The Morgan fingerprint density at radius 3 is 2.71 bits per heavy atom. The first-order valence-corrected chi connectivity index (χ1v) is 5.45. The van der Waals surface area contributed by atoms with E-state index in [2.05, 4.69) is 5.10 Å². The zero-order valence-electron chi connectivity index (χ0n) is 9.61. The SMILES string of the molecule is CC(=O)OCC(c1ccccc1)n1cccn1. The van der Waals surface area contributed by atoms with Crippen LogP contribution in [0.25, 0.3) is 0 Å². The van der Waals surface area contributed by atoms with Crippen molar-refractivity contribution in [3.63, 3.8) is 0 Å². The summed E-state index contributed by atoms with van der Waals surface area (Å²) in [5.41, 5.74) is 1.07. The largest absolute Gasteiger partial charge is 0.463 e. The maximum absolute atomic E-state index is 10.9. The number of benzene rings is 1. The van der Waals surface area contributed by atoms with E-state index in [1.165, 1.54) is 6.92 Å². The first-order chi connectivity index (χ1) is 8.27. The fourth-order valence-corrected chi connectivity index (χ4v) is 1.66. The maximum atomic E-state index is 10.9. The second kappa shape index (κ2) is 5.30. The molecule has 1 aromatic carbocycles. The zero-order chi connectivity index (χ0) is 12.1. The van der Waals surface area contributed by atoms with Gasteiger partial charge in [-0.05, 0) is 11.6 Å². The van der Waals surface area contributed by atoms with E-state index in [-0.39, 0.29) is 12.0 Å². The summed E-state index contributed by atoms with van der Waals surface area (Å²) >= 11 is 0. The number of nitrogens with zero attached hydrogens (tertiary/aromatic N) is 2. The van der Waals surface area contributed by atoms with Gasteiger partial charge in [0.25, 0.3) is 0 Å². The lowest BCUT2D eigenvalue weighted by Crippen LogP contribution is -2.18. The van der Waals surface area contributed by atoms with Crippen LogP contribution in [0.3, 0.4) is 0 Å². The summed E-state index contributed by atoms with van der Waals surface area (Å²) in [5.74, 6) is -0.280. The summed E-state index contributed by atoms with van der Waals surface area (Å²) in [6, 6.07) is 11.6. The Balaban J connectivity index is 2.22. The Kier molecular flexibility index (Phi) is 3.55. The number of carbonyl (C=O) groups excluding carboxylic acids is 1. The van der Waals surface area contributed by atoms with Gasteiger partial charge in [0.1, 0.15) is 12.6 Å². The molecule has 0 fully saturated rings. The predicted octanol–water partition coefficient (Wildman–Crippen LogP) is 2.04. The van der Waals surface area contributed by atoms with Crippen molar-refractivity contribution in [3.8, 4) is 0 Å². The Morgan fingerprint density at radius 1 is 1.35 bits per heavy atom. The minimum absolute atomic E-state index is 0.0740. The molecule has 0 saturated carbocycles. The average molecular weight is 230 g/mol. The van der Waals surface area contributed by atoms with Crippen LogP contribution in [0.2, 0.25) is 0 Å². The summed E-state index contributed by atoms with van der Waals surface area (Å²) in [6.07, 6.45) is 3.57. The van der Waals surface area contributed by atoms with Gasteiger partial charge in [-0.2, -0.15) is 5.10 Å². The average Bonchev–Trinajstić information content (AvgIpc) is 2.84. The quantitative estimate of drug-likeness (QED) is 0.755. The molecule has 2 aromatic rings. The van der Waals surface area contributed by atoms with Crippen LogP contribution in [0, 0.1) is 0 Å². The summed E-state index contributed by atoms with van der Waals surface area (Å²) in [7, 11) is 0. The number of rotatable bonds is 4. The normalized spacial score (nSPS) is 12.1. The molecule has 1 heterocycles. The van der Waals surface area contributed by atoms with E-state index in [4.69, 9.17) is 4.74 Å². The molecule has 1 atom stereocenters. The van der Waals surface area contributed by atoms with Gasteiger partial charge in [-0.3, -0.25) is 9.48 Å². The summed E-state index contributed by atoms with van der Waals surface area (Å²) in [6.45, 7) is 1.70. The highest BCUT2D eigenvalue weighted by Crippen LogP contribution is 2.17. The lowest BCUT2D eigenvalue weighted by Gasteiger charge is -2.17. The molecular formula is C13H14N2O2. The third-order valence-corrected chi connectivity index (χ3v) is 2.47. The van der Waals surface area contributed by atoms with Gasteiger partial charge in [-0.15, -0.1) is 0 Å². The molecule has 0 N–H and O–H groups in total. The lowest BCUT2D eigenvalue weighted by atomic mass is 10.1. The van der Waals surface area contributed by atoms with Crippen LogP contribution in [0.4, 0.5) is 0 Å². The molecule has 0 saturated heterocycles. The third-order valence-electron chi connectivity index (χ3n) is 2.47. The van der Waals surface area contributed by atoms with Crippen molar-refractivity contribution in [3.05, 3.63) is 54.4 Å². The van der Waals surface area contributed by atoms with Gasteiger partial charge in [0, 0.05) is 19.3 Å². The second-order valence-electron chi connectivity index (χ2n) is 3.72. The molecule has 17 heavy (non-hydrogen) atoms. The van der Waals surface area contributed by atoms with Crippen molar-refractivity contribution in [2.75, 3.05) is 6.61 Å². The summed E-state index contributed by atoms with van der Waals surface area (Å²) < 4.78 is 6.87. The molecule has 0 bridgehead atoms. The summed E-state index contributed by atoms with van der Waals surface area (Å²) in [4.78, 5) is 10.9. The number of ether oxygens (including phenoxy) is 1. The predicted molar refractivity (Wildman–Crippen MR) is 63.4 cm³/mol. The highest BCUT2D eigenvalue weighted by atomic mass is 16.5. The Hall–Kier alpha value is -2.10. The first kappa shape index (κ1) is 11.4. The van der Waals surface area contributed by atoms with Gasteiger partial charge in [0.2, 0.25) is 0 Å². The molecule has 0 aliphatic carbocycles. The molecular weight excluding hydrogens is 216 g/mol. The molecule has 0 aliphatic heterocycles. The molecule has 0 spiro atoms. The number of hydrogen-bond acceptors (Lipinski definition) is 3. The Bertz CT molecular complexity index is 465. The van der Waals surface area contributed by atoms with Crippen molar-refractivity contribution < 1.29 is 9.53 Å². The van der Waals surface area contributed by atoms with Gasteiger partial charge in [0.05, 0.1) is 0 Å². The maximum Gasteiger partial charge on any atom is 0.302 e. The summed E-state index contributed by atoms with van der Waals surface area (Å²) in [5, 5.41) is 4.20. The van der Waals surface area contributed by atoms with Crippen LogP contribution in [-0.2, 0) is 9.53 Å². The monoisotopic (exact) mass is 230 g/mol. The number of esters is 1. The Morgan fingerprint density at radius 2 is 2.12 bits per heavy atom. The van der Waals surface area contributed by atoms with Crippen molar-refractivity contribution in [1.82, 2.24) is 9.78 Å². The third kappa shape index (κ3) is 2.93. The highest BCUT2D eigenvalue weighted by Gasteiger charge is 2.14. The van der Waals surface area contributed by atoms with Crippen LogP contribution >= 0.6 is 0 Å². The van der Waals surface area contributed by atoms with Crippen molar-refractivity contribution in [1.29, 1.82) is 0 Å². The minimum atomic E-state index is -0.280. The number of carbonyl (C=O) groups is 1. The minimum Gasteiger partial charge on any atom is -0.463 e. The van der Waals surface area contributed by atoms with E-state index in [9.17, 15) is 4.79 Å². The molecule has 4 nitrogen and oxygen atoms in total. The fraction of sp³-hybridized carbons (Fsp3) is 0.231. The first-order valence-electron chi connectivity index (χ1n) is 5.45. The van der Waals surface area contributed by atoms with Crippen molar-refractivity contribution >= 4 is 5.97 Å². The van der Waals surface area contributed by atoms with Crippen molar-refractivity contribution in [2.24, 2.45) is 0 Å². The van der Waals surface area contributed by atoms with E-state index in [1.54, 1.807) is 10.9 Å². The standard InChI is InChI=1S/C13H14N2O2/c1-11(16)17-10-13(15-9-5-8-14-15)12-6-3-2-4-7-12/h2-9,13H,10H2,1H3. The molecule has 0 amide bonds. The van der Waals surface area contributed by atoms with E-state index in [0.29, 0.717) is 6.61 Å². The van der Waals surface area contributed by atoms with E-state index >= 15 is 0 Å². The second-order valence-corrected chi connectivity index (χ2v) is 3.72. The van der Waals surface area contributed by atoms with Crippen LogP contribution in [0.1, 0.15) is 18.5 Å². The smallest absolute Gasteiger partial charge is 0.302 e. The van der Waals surface area contributed by atoms with Crippen LogP contribution < -0.4 is 0 Å². The van der Waals surface area contributed by atoms with E-state index < -0.39 is 0 Å². The van der Waals surface area contributed by atoms with Crippen LogP contribution in [-0.4, -0.2) is 22.4 Å². The molecule has 1 unspecified atom stereocenters. The van der Waals surface area contributed by atoms with E-state index in [1.807, 2.05) is 42.6 Å². The molecule has 88 valence electrons. The molecule has 0 aliphatic rings. The Labute approximate surface area is 99.8 Å². The fourth-order valence-electron chi connectivity index (χ4n) is 1.66. The number of aromatic nitrogens is 2. The van der Waals surface area contributed by atoms with Crippen LogP contribution in [0.15, 0.2) is 48.8 Å². The van der Waals surface area contributed by atoms with Gasteiger partial charge in [-0.25, -0.2) is 0 Å². The van der Waals surface area contributed by atoms with Gasteiger partial charge in [0.15, 0.2) is 0 Å².